The van der Waals surface area contributed by atoms with E-state index in [2.05, 4.69) is 15.3 Å². The van der Waals surface area contributed by atoms with Gasteiger partial charge in [0.15, 0.2) is 9.84 Å². The molecule has 0 unspecified atom stereocenters. The molecule has 0 radical (unpaired) electrons. The molecule has 4 aromatic rings. The molecule has 8 heteroatoms. The van der Waals surface area contributed by atoms with Crippen LogP contribution in [0.1, 0.15) is 5.56 Å². The first-order chi connectivity index (χ1) is 13.8. The number of aromatic amines is 1. The topological polar surface area (TPSA) is 96.8 Å². The van der Waals surface area contributed by atoms with Crippen molar-refractivity contribution in [3.8, 4) is 11.1 Å². The molecule has 3 aromatic heterocycles. The average molecular weight is 408 g/mol. The molecule has 0 aliphatic carbocycles. The van der Waals surface area contributed by atoms with Crippen LogP contribution in [0.15, 0.2) is 65.8 Å². The first-order valence-corrected chi connectivity index (χ1v) is 11.0. The number of anilines is 2. The third kappa shape index (κ3) is 3.93. The zero-order valence-corrected chi connectivity index (χ0v) is 16.8. The smallest absolute Gasteiger partial charge is 0.274 e. The van der Waals surface area contributed by atoms with Gasteiger partial charge >= 0.3 is 0 Å². The first kappa shape index (κ1) is 18.9. The van der Waals surface area contributed by atoms with Gasteiger partial charge in [-0.1, -0.05) is 12.1 Å². The molecule has 148 valence electrons. The molecule has 0 saturated heterocycles. The van der Waals surface area contributed by atoms with Crippen LogP contribution >= 0.6 is 0 Å². The van der Waals surface area contributed by atoms with E-state index in [1.54, 1.807) is 31.7 Å². The van der Waals surface area contributed by atoms with Crippen molar-refractivity contribution in [2.24, 2.45) is 7.05 Å². The third-order valence-corrected chi connectivity index (χ3v) is 5.48. The largest absolute Gasteiger partial charge is 0.357 e. The average Bonchev–Trinajstić information content (AvgIpc) is 3.16. The monoisotopic (exact) mass is 408 g/mol. The van der Waals surface area contributed by atoms with Gasteiger partial charge in [-0.3, -0.25) is 4.79 Å². The molecule has 0 atom stereocenters. The first-order valence-electron chi connectivity index (χ1n) is 8.97. The van der Waals surface area contributed by atoms with E-state index >= 15 is 0 Å². The Morgan fingerprint density at radius 3 is 2.69 bits per heavy atom. The number of aryl methyl sites for hydroxylation is 1. The predicted octanol–water partition coefficient (Wildman–Crippen LogP) is 3.22. The van der Waals surface area contributed by atoms with Gasteiger partial charge in [-0.05, 0) is 35.9 Å². The van der Waals surface area contributed by atoms with Gasteiger partial charge in [-0.25, -0.2) is 13.4 Å². The highest BCUT2D eigenvalue weighted by Gasteiger charge is 2.16. The number of benzene rings is 1. The number of aromatic nitrogens is 3. The lowest BCUT2D eigenvalue weighted by atomic mass is 9.99. The van der Waals surface area contributed by atoms with Crippen molar-refractivity contribution >= 4 is 32.2 Å². The number of nitrogens with one attached hydrogen (secondary N) is 2. The van der Waals surface area contributed by atoms with Gasteiger partial charge in [0.1, 0.15) is 11.3 Å². The molecule has 1 aromatic carbocycles. The molecule has 0 spiro atoms. The summed E-state index contributed by atoms with van der Waals surface area (Å²) >= 11 is 0. The number of nitrogens with zero attached hydrogens (tertiary/aromatic N) is 2. The van der Waals surface area contributed by atoms with E-state index in [-0.39, 0.29) is 11.3 Å². The molecule has 3 heterocycles. The lowest BCUT2D eigenvalue weighted by Gasteiger charge is -2.15. The minimum Gasteiger partial charge on any atom is -0.357 e. The van der Waals surface area contributed by atoms with Gasteiger partial charge in [0.25, 0.3) is 5.56 Å². The van der Waals surface area contributed by atoms with Gasteiger partial charge < -0.3 is 14.9 Å². The van der Waals surface area contributed by atoms with Gasteiger partial charge in [-0.15, -0.1) is 0 Å². The highest BCUT2D eigenvalue weighted by Crippen LogP contribution is 2.35. The van der Waals surface area contributed by atoms with Crippen molar-refractivity contribution in [3.05, 3.63) is 77.0 Å². The number of rotatable bonds is 5. The molecule has 0 saturated carbocycles. The summed E-state index contributed by atoms with van der Waals surface area (Å²) in [5.41, 5.74) is 3.42. The second-order valence-electron chi connectivity index (χ2n) is 7.02. The molecular formula is C21H20N4O3S. The van der Waals surface area contributed by atoms with Crippen LogP contribution in [0.3, 0.4) is 0 Å². The maximum Gasteiger partial charge on any atom is 0.274 e. The summed E-state index contributed by atoms with van der Waals surface area (Å²) in [4.78, 5) is 19.7. The molecule has 4 rings (SSSR count). The number of H-pyrrole nitrogens is 1. The summed E-state index contributed by atoms with van der Waals surface area (Å²) in [6.45, 7) is 0. The lowest BCUT2D eigenvalue weighted by Crippen LogP contribution is -2.16. The van der Waals surface area contributed by atoms with Crippen LogP contribution in [-0.2, 0) is 22.6 Å². The van der Waals surface area contributed by atoms with Crippen molar-refractivity contribution in [3.63, 3.8) is 0 Å². The predicted molar refractivity (Wildman–Crippen MR) is 115 cm³/mol. The van der Waals surface area contributed by atoms with Crippen LogP contribution in [0.4, 0.5) is 11.5 Å². The van der Waals surface area contributed by atoms with Gasteiger partial charge in [0.2, 0.25) is 0 Å². The number of hydrogen-bond acceptors (Lipinski definition) is 5. The highest BCUT2D eigenvalue weighted by atomic mass is 32.2. The summed E-state index contributed by atoms with van der Waals surface area (Å²) in [6.07, 6.45) is 6.39. The van der Waals surface area contributed by atoms with Crippen molar-refractivity contribution < 1.29 is 8.42 Å². The van der Waals surface area contributed by atoms with Crippen molar-refractivity contribution in [1.82, 2.24) is 14.5 Å². The van der Waals surface area contributed by atoms with E-state index in [1.807, 2.05) is 36.4 Å². The molecule has 2 N–H and O–H groups in total. The van der Waals surface area contributed by atoms with Crippen LogP contribution in [0.2, 0.25) is 0 Å². The maximum absolute atomic E-state index is 12.4. The Labute approximate surface area is 168 Å². The molecule has 0 aliphatic heterocycles. The number of pyridine rings is 2. The molecule has 0 fully saturated rings. The fourth-order valence-electron chi connectivity index (χ4n) is 3.37. The Morgan fingerprint density at radius 2 is 1.97 bits per heavy atom. The van der Waals surface area contributed by atoms with Crippen LogP contribution in [0, 0.1) is 0 Å². The Balaban J connectivity index is 1.94. The summed E-state index contributed by atoms with van der Waals surface area (Å²) in [7, 11) is -1.50. The van der Waals surface area contributed by atoms with Crippen LogP contribution in [0.25, 0.3) is 22.0 Å². The summed E-state index contributed by atoms with van der Waals surface area (Å²) in [5, 5.41) is 4.07. The van der Waals surface area contributed by atoms with E-state index in [1.165, 1.54) is 10.8 Å². The van der Waals surface area contributed by atoms with Crippen LogP contribution in [-0.4, -0.2) is 29.2 Å². The summed E-state index contributed by atoms with van der Waals surface area (Å²) < 4.78 is 25.2. The van der Waals surface area contributed by atoms with E-state index in [4.69, 9.17) is 0 Å². The molecule has 29 heavy (non-hydrogen) atoms. The molecule has 0 aliphatic rings. The SMILES string of the molecule is Cn1cc(-c2cc(CS(C)(=O)=O)ccc2Nc2ccccn2)c2cc[nH]c2c1=O. The van der Waals surface area contributed by atoms with E-state index in [9.17, 15) is 13.2 Å². The van der Waals surface area contributed by atoms with Crippen LogP contribution in [0.5, 0.6) is 0 Å². The standard InChI is InChI=1S/C21H20N4O3S/c1-25-12-17(15-8-10-23-20(15)21(25)26)16-11-14(13-29(2,27)28)6-7-18(16)24-19-5-3-4-9-22-19/h3-12,23H,13H2,1-2H3,(H,22,24). The Kier molecular flexibility index (Phi) is 4.71. The Hall–Kier alpha value is -3.39. The number of hydrogen-bond donors (Lipinski definition) is 2. The van der Waals surface area contributed by atoms with E-state index in [0.29, 0.717) is 16.9 Å². The number of sulfone groups is 1. The molecule has 7 nitrogen and oxygen atoms in total. The minimum atomic E-state index is -3.19. The fourth-order valence-corrected chi connectivity index (χ4v) is 4.16. The zero-order chi connectivity index (χ0) is 20.6. The van der Waals surface area contributed by atoms with Gasteiger partial charge in [-0.2, -0.15) is 0 Å². The quantitative estimate of drug-likeness (QED) is 0.529. The van der Waals surface area contributed by atoms with Crippen LogP contribution < -0.4 is 10.9 Å². The normalized spacial score (nSPS) is 11.7. The fraction of sp³-hybridized carbons (Fsp3) is 0.143. The van der Waals surface area contributed by atoms with E-state index in [0.717, 1.165) is 22.2 Å². The second-order valence-corrected chi connectivity index (χ2v) is 9.16. The number of fused-ring (bicyclic) bond motifs is 1. The highest BCUT2D eigenvalue weighted by molar-refractivity contribution is 7.89. The minimum absolute atomic E-state index is 0.0636. The van der Waals surface area contributed by atoms with Crippen molar-refractivity contribution in [1.29, 1.82) is 0 Å². The van der Waals surface area contributed by atoms with Crippen molar-refractivity contribution in [2.45, 2.75) is 5.75 Å². The Bertz CT molecular complexity index is 1360. The Morgan fingerprint density at radius 1 is 1.14 bits per heavy atom. The summed E-state index contributed by atoms with van der Waals surface area (Å²) in [5.74, 6) is 0.603. The zero-order valence-electron chi connectivity index (χ0n) is 16.0. The summed E-state index contributed by atoms with van der Waals surface area (Å²) in [6, 6.07) is 12.9. The molecule has 0 amide bonds. The maximum atomic E-state index is 12.4. The lowest BCUT2D eigenvalue weighted by molar-refractivity contribution is 0.601. The van der Waals surface area contributed by atoms with E-state index < -0.39 is 9.84 Å². The third-order valence-electron chi connectivity index (χ3n) is 4.62. The van der Waals surface area contributed by atoms with Crippen molar-refractivity contribution in [2.75, 3.05) is 11.6 Å². The van der Waals surface area contributed by atoms with Gasteiger partial charge in [0.05, 0.1) is 5.75 Å². The molecule has 0 bridgehead atoms. The molecular weight excluding hydrogens is 388 g/mol. The second kappa shape index (κ2) is 7.21. The van der Waals surface area contributed by atoms with Gasteiger partial charge in [0, 0.05) is 54.1 Å².